The third-order valence-corrected chi connectivity index (χ3v) is 3.96. The van der Waals surface area contributed by atoms with Crippen molar-refractivity contribution in [3.05, 3.63) is 5.56 Å². The minimum atomic E-state index is 0.682. The Morgan fingerprint density at radius 2 is 2.07 bits per heavy atom. The maximum absolute atomic E-state index is 5.93. The summed E-state index contributed by atoms with van der Waals surface area (Å²) < 4.78 is 9.65. The molecule has 0 spiro atoms. The first-order valence-electron chi connectivity index (χ1n) is 5.44. The van der Waals surface area contributed by atoms with Crippen molar-refractivity contribution >= 4 is 22.4 Å². The van der Waals surface area contributed by atoms with E-state index in [1.54, 1.807) is 11.5 Å². The molecule has 2 aliphatic rings. The highest BCUT2D eigenvalue weighted by atomic mass is 32.1. The van der Waals surface area contributed by atoms with Gasteiger partial charge in [-0.2, -0.15) is 4.37 Å². The highest BCUT2D eigenvalue weighted by Crippen LogP contribution is 2.48. The molecule has 0 unspecified atom stereocenters. The van der Waals surface area contributed by atoms with E-state index >= 15 is 0 Å². The molecule has 0 aromatic carbocycles. The number of nitrogens with zero attached hydrogens (tertiary/aromatic N) is 2. The number of aromatic nitrogens is 1. The van der Waals surface area contributed by atoms with Crippen molar-refractivity contribution in [1.29, 1.82) is 0 Å². The van der Waals surface area contributed by atoms with Crippen molar-refractivity contribution in [1.82, 2.24) is 4.37 Å². The number of hydrogen-bond donors (Lipinski definition) is 1. The third-order valence-electron chi connectivity index (χ3n) is 3.02. The molecule has 15 heavy (non-hydrogen) atoms. The summed E-state index contributed by atoms with van der Waals surface area (Å²) in [5, 5.41) is 1.29. The van der Waals surface area contributed by atoms with Crippen LogP contribution in [-0.4, -0.2) is 30.7 Å². The van der Waals surface area contributed by atoms with E-state index in [2.05, 4.69) is 9.27 Å². The lowest BCUT2D eigenvalue weighted by atomic mass is 10.2. The second-order valence-electron chi connectivity index (χ2n) is 4.16. The summed E-state index contributed by atoms with van der Waals surface area (Å²) in [6, 6.07) is 0. The van der Waals surface area contributed by atoms with E-state index in [-0.39, 0.29) is 0 Å². The molecule has 0 atom stereocenters. The van der Waals surface area contributed by atoms with Crippen LogP contribution in [0.25, 0.3) is 0 Å². The van der Waals surface area contributed by atoms with Gasteiger partial charge >= 0.3 is 0 Å². The van der Waals surface area contributed by atoms with Crippen molar-refractivity contribution in [2.24, 2.45) is 0 Å². The van der Waals surface area contributed by atoms with Crippen molar-refractivity contribution in [2.45, 2.75) is 18.8 Å². The van der Waals surface area contributed by atoms with E-state index in [1.165, 1.54) is 23.4 Å². The van der Waals surface area contributed by atoms with Gasteiger partial charge in [0.25, 0.3) is 0 Å². The summed E-state index contributed by atoms with van der Waals surface area (Å²) in [5.74, 6) is 1.44. The zero-order valence-corrected chi connectivity index (χ0v) is 9.42. The van der Waals surface area contributed by atoms with E-state index in [9.17, 15) is 0 Å². The molecule has 2 N–H and O–H groups in total. The minimum absolute atomic E-state index is 0.682. The molecule has 0 radical (unpaired) electrons. The van der Waals surface area contributed by atoms with Gasteiger partial charge < -0.3 is 15.4 Å². The molecule has 82 valence electrons. The van der Waals surface area contributed by atoms with E-state index in [0.717, 1.165) is 32.1 Å². The Morgan fingerprint density at radius 1 is 1.33 bits per heavy atom. The first-order chi connectivity index (χ1) is 7.36. The summed E-state index contributed by atoms with van der Waals surface area (Å²) in [5.41, 5.74) is 7.24. The standard InChI is InChI=1S/C10H15N3OS/c11-9-8(7-1-2-7)10(15-12-9)13-3-5-14-6-4-13/h7H,1-6H2,(H2,11,12). The Morgan fingerprint density at radius 3 is 2.73 bits per heavy atom. The summed E-state index contributed by atoms with van der Waals surface area (Å²) in [4.78, 5) is 2.37. The second kappa shape index (κ2) is 3.64. The van der Waals surface area contributed by atoms with Crippen molar-refractivity contribution < 1.29 is 4.74 Å². The fourth-order valence-electron chi connectivity index (χ4n) is 2.05. The molecule has 0 bridgehead atoms. The monoisotopic (exact) mass is 225 g/mol. The molecule has 3 rings (SSSR count). The van der Waals surface area contributed by atoms with E-state index in [1.807, 2.05) is 0 Å². The zero-order valence-electron chi connectivity index (χ0n) is 8.61. The topological polar surface area (TPSA) is 51.4 Å². The van der Waals surface area contributed by atoms with Gasteiger partial charge in [-0.3, -0.25) is 0 Å². The van der Waals surface area contributed by atoms with Gasteiger partial charge in [0, 0.05) is 18.7 Å². The molecule has 1 aromatic rings. The predicted molar refractivity (Wildman–Crippen MR) is 61.5 cm³/mol. The number of nitrogen functional groups attached to an aromatic ring is 1. The lowest BCUT2D eigenvalue weighted by Crippen LogP contribution is -2.36. The number of rotatable bonds is 2. The molecule has 0 amide bonds. The normalized spacial score (nSPS) is 22.0. The second-order valence-corrected chi connectivity index (χ2v) is 4.91. The SMILES string of the molecule is Nc1nsc(N2CCOCC2)c1C1CC1. The fourth-order valence-corrected chi connectivity index (χ4v) is 3.00. The third kappa shape index (κ3) is 1.70. The maximum Gasteiger partial charge on any atom is 0.142 e. The van der Waals surface area contributed by atoms with Crippen LogP contribution >= 0.6 is 11.5 Å². The van der Waals surface area contributed by atoms with Crippen molar-refractivity contribution in [3.63, 3.8) is 0 Å². The summed E-state index contributed by atoms with van der Waals surface area (Å²) in [7, 11) is 0. The molecular weight excluding hydrogens is 210 g/mol. The van der Waals surface area contributed by atoms with Gasteiger partial charge in [-0.05, 0) is 30.3 Å². The van der Waals surface area contributed by atoms with Gasteiger partial charge in [0.2, 0.25) is 0 Å². The van der Waals surface area contributed by atoms with Crippen LogP contribution in [0, 0.1) is 0 Å². The molecule has 4 nitrogen and oxygen atoms in total. The van der Waals surface area contributed by atoms with E-state index in [4.69, 9.17) is 10.5 Å². The minimum Gasteiger partial charge on any atom is -0.383 e. The number of hydrogen-bond acceptors (Lipinski definition) is 5. The molecule has 2 heterocycles. The molecule has 1 saturated carbocycles. The maximum atomic E-state index is 5.93. The molecule has 1 saturated heterocycles. The van der Waals surface area contributed by atoms with Gasteiger partial charge in [-0.25, -0.2) is 0 Å². The largest absolute Gasteiger partial charge is 0.383 e. The van der Waals surface area contributed by atoms with Gasteiger partial charge in [0.1, 0.15) is 10.8 Å². The van der Waals surface area contributed by atoms with Crippen LogP contribution in [-0.2, 0) is 4.74 Å². The van der Waals surface area contributed by atoms with E-state index < -0.39 is 0 Å². The van der Waals surface area contributed by atoms with Crippen LogP contribution in [0.5, 0.6) is 0 Å². The molecule has 1 aromatic heterocycles. The number of morpholine rings is 1. The smallest absolute Gasteiger partial charge is 0.142 e. The van der Waals surface area contributed by atoms with Gasteiger partial charge in [-0.15, -0.1) is 0 Å². The molecule has 5 heteroatoms. The highest BCUT2D eigenvalue weighted by Gasteiger charge is 2.32. The zero-order chi connectivity index (χ0) is 10.3. The molecule has 1 aliphatic heterocycles. The lowest BCUT2D eigenvalue weighted by Gasteiger charge is -2.28. The average Bonchev–Trinajstić information content (AvgIpc) is 3.03. The quantitative estimate of drug-likeness (QED) is 0.827. The van der Waals surface area contributed by atoms with Gasteiger partial charge in [0.05, 0.1) is 13.2 Å². The van der Waals surface area contributed by atoms with Crippen LogP contribution < -0.4 is 10.6 Å². The Labute approximate surface area is 93.2 Å². The van der Waals surface area contributed by atoms with Gasteiger partial charge in [-0.1, -0.05) is 0 Å². The Hall–Kier alpha value is -0.810. The van der Waals surface area contributed by atoms with Crippen LogP contribution in [0.4, 0.5) is 10.8 Å². The molecule has 1 aliphatic carbocycles. The Balaban J connectivity index is 1.89. The lowest BCUT2D eigenvalue weighted by molar-refractivity contribution is 0.123. The van der Waals surface area contributed by atoms with Crippen LogP contribution in [0.1, 0.15) is 24.3 Å². The summed E-state index contributed by atoms with van der Waals surface area (Å²) >= 11 is 1.55. The molecule has 2 fully saturated rings. The van der Waals surface area contributed by atoms with Crippen LogP contribution in [0.3, 0.4) is 0 Å². The van der Waals surface area contributed by atoms with Crippen molar-refractivity contribution in [2.75, 3.05) is 36.9 Å². The first-order valence-corrected chi connectivity index (χ1v) is 6.21. The summed E-state index contributed by atoms with van der Waals surface area (Å²) in [6.07, 6.45) is 2.56. The Kier molecular flexibility index (Phi) is 2.29. The first kappa shape index (κ1) is 9.42. The van der Waals surface area contributed by atoms with E-state index in [0.29, 0.717) is 5.92 Å². The molecular formula is C10H15N3OS. The fraction of sp³-hybridized carbons (Fsp3) is 0.700. The number of nitrogens with two attached hydrogens (primary N) is 1. The average molecular weight is 225 g/mol. The van der Waals surface area contributed by atoms with Crippen molar-refractivity contribution in [3.8, 4) is 0 Å². The van der Waals surface area contributed by atoms with Crippen LogP contribution in [0.2, 0.25) is 0 Å². The number of anilines is 2. The summed E-state index contributed by atoms with van der Waals surface area (Å²) in [6.45, 7) is 3.59. The Bertz CT molecular complexity index is 356. The predicted octanol–water partition coefficient (Wildman–Crippen LogP) is 1.44. The van der Waals surface area contributed by atoms with Crippen LogP contribution in [0.15, 0.2) is 0 Å². The van der Waals surface area contributed by atoms with Gasteiger partial charge in [0.15, 0.2) is 0 Å². The number of ether oxygens (including phenoxy) is 1. The highest BCUT2D eigenvalue weighted by molar-refractivity contribution is 7.10.